The first-order valence-electron chi connectivity index (χ1n) is 4.42. The van der Waals surface area contributed by atoms with Crippen LogP contribution in [0.2, 0.25) is 5.02 Å². The van der Waals surface area contributed by atoms with Gasteiger partial charge in [-0.1, -0.05) is 11.6 Å². The van der Waals surface area contributed by atoms with Crippen LogP contribution in [-0.2, 0) is 9.84 Å². The molecule has 0 aliphatic carbocycles. The van der Waals surface area contributed by atoms with Gasteiger partial charge in [0.25, 0.3) is 0 Å². The summed E-state index contributed by atoms with van der Waals surface area (Å²) in [6, 6.07) is 6.51. The average molecular weight is 260 g/mol. The molecule has 6 heteroatoms. The van der Waals surface area contributed by atoms with Gasteiger partial charge < -0.3 is 4.74 Å². The maximum atomic E-state index is 10.8. The summed E-state index contributed by atoms with van der Waals surface area (Å²) >= 11 is 5.78. The number of sulfone groups is 1. The molecule has 16 heavy (non-hydrogen) atoms. The van der Waals surface area contributed by atoms with Crippen molar-refractivity contribution < 1.29 is 13.2 Å². The van der Waals surface area contributed by atoms with Crippen LogP contribution in [0, 0.1) is 11.3 Å². The van der Waals surface area contributed by atoms with Gasteiger partial charge in [-0.3, -0.25) is 0 Å². The Labute approximate surface area is 99.3 Å². The van der Waals surface area contributed by atoms with E-state index < -0.39 is 9.84 Å². The van der Waals surface area contributed by atoms with Crippen LogP contribution in [0.1, 0.15) is 5.56 Å². The first-order valence-corrected chi connectivity index (χ1v) is 6.86. The average Bonchev–Trinajstić information content (AvgIpc) is 2.16. The van der Waals surface area contributed by atoms with Gasteiger partial charge in [0.1, 0.15) is 18.4 Å². The first kappa shape index (κ1) is 12.8. The summed E-state index contributed by atoms with van der Waals surface area (Å²) in [5, 5.41) is 8.93. The monoisotopic (exact) mass is 259 g/mol. The highest BCUT2D eigenvalue weighted by Gasteiger charge is 2.04. The molecular weight excluding hydrogens is 250 g/mol. The predicted molar refractivity (Wildman–Crippen MR) is 61.4 cm³/mol. The summed E-state index contributed by atoms with van der Waals surface area (Å²) in [7, 11) is -3.03. The Bertz CT molecular complexity index is 519. The summed E-state index contributed by atoms with van der Waals surface area (Å²) in [5.41, 5.74) is 0.358. The molecule has 1 aromatic rings. The maximum Gasteiger partial charge on any atom is 0.150 e. The molecule has 0 radical (unpaired) electrons. The van der Waals surface area contributed by atoms with Crippen molar-refractivity contribution in [2.45, 2.75) is 0 Å². The normalized spacial score (nSPS) is 10.8. The lowest BCUT2D eigenvalue weighted by Crippen LogP contribution is -2.12. The molecule has 0 atom stereocenters. The van der Waals surface area contributed by atoms with E-state index in [0.29, 0.717) is 16.3 Å². The van der Waals surface area contributed by atoms with E-state index in [0.717, 1.165) is 6.26 Å². The second kappa shape index (κ2) is 5.19. The number of halogens is 1. The lowest BCUT2D eigenvalue weighted by Gasteiger charge is -2.05. The second-order valence-electron chi connectivity index (χ2n) is 3.23. The summed E-state index contributed by atoms with van der Waals surface area (Å²) in [6.07, 6.45) is 1.14. The van der Waals surface area contributed by atoms with Crippen LogP contribution >= 0.6 is 11.6 Å². The van der Waals surface area contributed by atoms with Gasteiger partial charge in [0.15, 0.2) is 9.84 Å². The van der Waals surface area contributed by atoms with Crippen LogP contribution in [0.5, 0.6) is 5.75 Å². The van der Waals surface area contributed by atoms with Gasteiger partial charge in [-0.15, -0.1) is 0 Å². The molecule has 0 spiro atoms. The third kappa shape index (κ3) is 4.09. The van der Waals surface area contributed by atoms with Gasteiger partial charge in [0, 0.05) is 12.3 Å². The zero-order valence-electron chi connectivity index (χ0n) is 8.60. The maximum absolute atomic E-state index is 10.8. The fourth-order valence-electron chi connectivity index (χ4n) is 0.987. The number of nitriles is 1. The standard InChI is InChI=1S/C10H10ClNO3S/c1-16(13,14)5-4-15-9-3-2-8(7-12)10(11)6-9/h2-3,6H,4-5H2,1H3. The van der Waals surface area contributed by atoms with Gasteiger partial charge in [-0.05, 0) is 12.1 Å². The molecule has 1 aromatic carbocycles. The van der Waals surface area contributed by atoms with E-state index in [1.54, 1.807) is 6.07 Å². The lowest BCUT2D eigenvalue weighted by molar-refractivity contribution is 0.341. The van der Waals surface area contributed by atoms with E-state index in [1.165, 1.54) is 12.1 Å². The number of nitrogens with zero attached hydrogens (tertiary/aromatic N) is 1. The minimum absolute atomic E-state index is 0.0510. The molecule has 0 saturated heterocycles. The Kier molecular flexibility index (Phi) is 4.16. The number of hydrogen-bond donors (Lipinski definition) is 0. The highest BCUT2D eigenvalue weighted by molar-refractivity contribution is 7.90. The van der Waals surface area contributed by atoms with Crippen molar-refractivity contribution in [3.05, 3.63) is 28.8 Å². The fourth-order valence-corrected chi connectivity index (χ4v) is 1.59. The van der Waals surface area contributed by atoms with Gasteiger partial charge in [0.05, 0.1) is 16.3 Å². The van der Waals surface area contributed by atoms with E-state index in [1.807, 2.05) is 6.07 Å². The van der Waals surface area contributed by atoms with E-state index >= 15 is 0 Å². The molecule has 0 aliphatic rings. The van der Waals surface area contributed by atoms with Gasteiger partial charge in [-0.25, -0.2) is 8.42 Å². The van der Waals surface area contributed by atoms with Crippen molar-refractivity contribution in [1.82, 2.24) is 0 Å². The molecule has 0 saturated carbocycles. The summed E-state index contributed by atoms with van der Waals surface area (Å²) in [4.78, 5) is 0. The lowest BCUT2D eigenvalue weighted by atomic mass is 10.2. The van der Waals surface area contributed by atoms with Crippen molar-refractivity contribution in [1.29, 1.82) is 5.26 Å². The Morgan fingerprint density at radius 2 is 2.19 bits per heavy atom. The minimum Gasteiger partial charge on any atom is -0.492 e. The van der Waals surface area contributed by atoms with Crippen LogP contribution in [0.15, 0.2) is 18.2 Å². The highest BCUT2D eigenvalue weighted by Crippen LogP contribution is 2.21. The number of ether oxygens (including phenoxy) is 1. The third-order valence-corrected chi connectivity index (χ3v) is 3.00. The molecule has 0 unspecified atom stereocenters. The topological polar surface area (TPSA) is 67.2 Å². The van der Waals surface area contributed by atoms with E-state index in [4.69, 9.17) is 21.6 Å². The molecule has 0 bridgehead atoms. The minimum atomic E-state index is -3.03. The first-order chi connectivity index (χ1) is 7.42. The Balaban J connectivity index is 2.63. The molecule has 0 amide bonds. The van der Waals surface area contributed by atoms with Crippen molar-refractivity contribution in [3.8, 4) is 11.8 Å². The SMILES string of the molecule is CS(=O)(=O)CCOc1ccc(C#N)c(Cl)c1. The summed E-state index contributed by atoms with van der Waals surface area (Å²) < 4.78 is 26.9. The number of rotatable bonds is 4. The largest absolute Gasteiger partial charge is 0.492 e. The zero-order valence-corrected chi connectivity index (χ0v) is 10.2. The third-order valence-electron chi connectivity index (χ3n) is 1.78. The van der Waals surface area contributed by atoms with Crippen molar-refractivity contribution >= 4 is 21.4 Å². The zero-order chi connectivity index (χ0) is 12.2. The smallest absolute Gasteiger partial charge is 0.150 e. The molecule has 4 nitrogen and oxygen atoms in total. The molecule has 0 aliphatic heterocycles. The molecule has 0 N–H and O–H groups in total. The number of hydrogen-bond acceptors (Lipinski definition) is 4. The Morgan fingerprint density at radius 1 is 1.50 bits per heavy atom. The quantitative estimate of drug-likeness (QED) is 0.824. The van der Waals surface area contributed by atoms with Crippen LogP contribution in [0.4, 0.5) is 0 Å². The number of benzene rings is 1. The van der Waals surface area contributed by atoms with Crippen LogP contribution in [0.25, 0.3) is 0 Å². The second-order valence-corrected chi connectivity index (χ2v) is 5.90. The van der Waals surface area contributed by atoms with Crippen LogP contribution < -0.4 is 4.74 Å². The van der Waals surface area contributed by atoms with Gasteiger partial charge in [0.2, 0.25) is 0 Å². The predicted octanol–water partition coefficient (Wildman–Crippen LogP) is 1.64. The van der Waals surface area contributed by atoms with Gasteiger partial charge >= 0.3 is 0 Å². The highest BCUT2D eigenvalue weighted by atomic mass is 35.5. The van der Waals surface area contributed by atoms with Crippen molar-refractivity contribution in [3.63, 3.8) is 0 Å². The molecule has 0 fully saturated rings. The molecule has 1 rings (SSSR count). The molecule has 86 valence electrons. The van der Waals surface area contributed by atoms with Crippen LogP contribution in [0.3, 0.4) is 0 Å². The molecule has 0 aromatic heterocycles. The molecule has 0 heterocycles. The van der Waals surface area contributed by atoms with E-state index in [9.17, 15) is 8.42 Å². The summed E-state index contributed by atoms with van der Waals surface area (Å²) in [6.45, 7) is 0.0705. The van der Waals surface area contributed by atoms with Crippen molar-refractivity contribution in [2.24, 2.45) is 0 Å². The van der Waals surface area contributed by atoms with E-state index in [-0.39, 0.29) is 12.4 Å². The van der Waals surface area contributed by atoms with E-state index in [2.05, 4.69) is 0 Å². The van der Waals surface area contributed by atoms with Gasteiger partial charge in [-0.2, -0.15) is 5.26 Å². The molecular formula is C10H10ClNO3S. The summed E-state index contributed by atoms with van der Waals surface area (Å²) in [5.74, 6) is 0.401. The van der Waals surface area contributed by atoms with Crippen LogP contribution in [-0.4, -0.2) is 27.0 Å². The fraction of sp³-hybridized carbons (Fsp3) is 0.300. The Hall–Kier alpha value is -1.25. The van der Waals surface area contributed by atoms with Crippen molar-refractivity contribution in [2.75, 3.05) is 18.6 Å². The Morgan fingerprint density at radius 3 is 2.69 bits per heavy atom.